The second-order valence-corrected chi connectivity index (χ2v) is 5.42. The number of amides is 1. The second-order valence-electron chi connectivity index (χ2n) is 5.42. The number of imidazole rings is 1. The molecule has 0 saturated carbocycles. The van der Waals surface area contributed by atoms with Gasteiger partial charge in [0.15, 0.2) is 5.82 Å². The summed E-state index contributed by atoms with van der Waals surface area (Å²) in [4.78, 5) is 28.7. The fourth-order valence-corrected chi connectivity index (χ4v) is 2.42. The molecule has 0 bridgehead atoms. The Morgan fingerprint density at radius 3 is 2.42 bits per heavy atom. The third-order valence-corrected chi connectivity index (χ3v) is 3.69. The molecular weight excluding hydrogens is 308 g/mol. The molecule has 0 saturated heterocycles. The Kier molecular flexibility index (Phi) is 3.99. The van der Waals surface area contributed by atoms with Gasteiger partial charge in [0, 0.05) is 30.7 Å². The first-order valence-corrected chi connectivity index (χ1v) is 7.33. The van der Waals surface area contributed by atoms with Crippen molar-refractivity contribution in [2.24, 2.45) is 7.05 Å². The summed E-state index contributed by atoms with van der Waals surface area (Å²) in [5, 5.41) is 6.53. The van der Waals surface area contributed by atoms with Crippen LogP contribution in [-0.4, -0.2) is 26.4 Å². The van der Waals surface area contributed by atoms with Crippen LogP contribution in [0.2, 0.25) is 0 Å². The summed E-state index contributed by atoms with van der Waals surface area (Å²) in [6.45, 7) is 3.39. The largest absolute Gasteiger partial charge is 0.361 e. The lowest BCUT2D eigenvalue weighted by molar-refractivity contribution is 0.101. The van der Waals surface area contributed by atoms with E-state index in [1.165, 1.54) is 0 Å². The molecule has 0 radical (unpaired) electrons. The number of hydrogen-bond donors (Lipinski definition) is 1. The smallest absolute Gasteiger partial charge is 0.261 e. The fourth-order valence-electron chi connectivity index (χ4n) is 2.42. The lowest BCUT2D eigenvalue weighted by Crippen LogP contribution is -2.14. The van der Waals surface area contributed by atoms with E-state index in [4.69, 9.17) is 4.52 Å². The van der Waals surface area contributed by atoms with Gasteiger partial charge in [-0.05, 0) is 38.1 Å². The number of aryl methyl sites for hydroxylation is 3. The van der Waals surface area contributed by atoms with Gasteiger partial charge >= 0.3 is 0 Å². The SMILES string of the molecule is Cc1noc(C)c1C(=O)Nc1ccc(C(=O)c2nccn2C)cc1. The molecule has 1 aromatic carbocycles. The average molecular weight is 324 g/mol. The van der Waals surface area contributed by atoms with Crippen LogP contribution < -0.4 is 5.32 Å². The number of benzene rings is 1. The Hall–Kier alpha value is -3.22. The van der Waals surface area contributed by atoms with E-state index in [2.05, 4.69) is 15.5 Å². The highest BCUT2D eigenvalue weighted by Gasteiger charge is 2.18. The van der Waals surface area contributed by atoms with E-state index in [0.717, 1.165) is 0 Å². The van der Waals surface area contributed by atoms with Gasteiger partial charge in [-0.25, -0.2) is 4.98 Å². The van der Waals surface area contributed by atoms with Crippen molar-refractivity contribution in [3.63, 3.8) is 0 Å². The number of ketones is 1. The van der Waals surface area contributed by atoms with Crippen LogP contribution in [0, 0.1) is 13.8 Å². The van der Waals surface area contributed by atoms with Crippen molar-refractivity contribution in [3.05, 3.63) is 65.1 Å². The number of nitrogens with zero attached hydrogens (tertiary/aromatic N) is 3. The predicted molar refractivity (Wildman–Crippen MR) is 87.0 cm³/mol. The Morgan fingerprint density at radius 1 is 1.17 bits per heavy atom. The molecule has 0 spiro atoms. The number of carbonyl (C=O) groups excluding carboxylic acids is 2. The molecule has 2 aromatic heterocycles. The van der Waals surface area contributed by atoms with Crippen LogP contribution in [-0.2, 0) is 7.05 Å². The molecule has 3 rings (SSSR count). The van der Waals surface area contributed by atoms with E-state index in [1.54, 1.807) is 62.1 Å². The third-order valence-electron chi connectivity index (χ3n) is 3.69. The molecule has 122 valence electrons. The van der Waals surface area contributed by atoms with Gasteiger partial charge < -0.3 is 14.4 Å². The van der Waals surface area contributed by atoms with Crippen molar-refractivity contribution in [1.29, 1.82) is 0 Å². The maximum Gasteiger partial charge on any atom is 0.261 e. The number of rotatable bonds is 4. The molecule has 0 aliphatic carbocycles. The summed E-state index contributed by atoms with van der Waals surface area (Å²) in [6, 6.07) is 6.65. The number of nitrogens with one attached hydrogen (secondary N) is 1. The van der Waals surface area contributed by atoms with Crippen molar-refractivity contribution in [3.8, 4) is 0 Å². The van der Waals surface area contributed by atoms with Gasteiger partial charge in [0.2, 0.25) is 5.78 Å². The van der Waals surface area contributed by atoms with Gasteiger partial charge in [-0.15, -0.1) is 0 Å². The van der Waals surface area contributed by atoms with Crippen molar-refractivity contribution in [2.45, 2.75) is 13.8 Å². The minimum Gasteiger partial charge on any atom is -0.361 e. The van der Waals surface area contributed by atoms with Gasteiger partial charge in [-0.2, -0.15) is 0 Å². The molecular formula is C17H16N4O3. The average Bonchev–Trinajstić information content (AvgIpc) is 3.13. The molecule has 7 heteroatoms. The zero-order chi connectivity index (χ0) is 17.3. The maximum absolute atomic E-state index is 12.3. The zero-order valence-electron chi connectivity index (χ0n) is 13.5. The first-order valence-electron chi connectivity index (χ1n) is 7.33. The van der Waals surface area contributed by atoms with Crippen LogP contribution in [0.15, 0.2) is 41.2 Å². The molecule has 0 aliphatic rings. The van der Waals surface area contributed by atoms with Crippen molar-refractivity contribution in [2.75, 3.05) is 5.32 Å². The van der Waals surface area contributed by atoms with Crippen molar-refractivity contribution >= 4 is 17.4 Å². The predicted octanol–water partition coefficient (Wildman–Crippen LogP) is 2.51. The normalized spacial score (nSPS) is 10.6. The summed E-state index contributed by atoms with van der Waals surface area (Å²) < 4.78 is 6.65. The minimum absolute atomic E-state index is 0.175. The first kappa shape index (κ1) is 15.7. The Labute approximate surface area is 138 Å². The Bertz CT molecular complexity index is 887. The molecule has 3 aromatic rings. The van der Waals surface area contributed by atoms with Gasteiger partial charge in [0.1, 0.15) is 11.3 Å². The Balaban J connectivity index is 1.77. The lowest BCUT2D eigenvalue weighted by atomic mass is 10.1. The quantitative estimate of drug-likeness (QED) is 0.745. The number of aromatic nitrogens is 3. The molecule has 24 heavy (non-hydrogen) atoms. The van der Waals surface area contributed by atoms with Crippen molar-refractivity contribution in [1.82, 2.24) is 14.7 Å². The monoisotopic (exact) mass is 324 g/mol. The third kappa shape index (κ3) is 2.83. The molecule has 2 heterocycles. The first-order chi connectivity index (χ1) is 11.5. The summed E-state index contributed by atoms with van der Waals surface area (Å²) in [6.07, 6.45) is 3.29. The van der Waals surface area contributed by atoms with Gasteiger partial charge in [-0.3, -0.25) is 9.59 Å². The van der Waals surface area contributed by atoms with E-state index < -0.39 is 0 Å². The minimum atomic E-state index is -0.297. The molecule has 1 N–H and O–H groups in total. The summed E-state index contributed by atoms with van der Waals surface area (Å²) in [7, 11) is 1.76. The molecule has 0 fully saturated rings. The van der Waals surface area contributed by atoms with Crippen LogP contribution in [0.1, 0.15) is 38.0 Å². The molecule has 0 aliphatic heterocycles. The van der Waals surface area contributed by atoms with Gasteiger partial charge in [0.05, 0.1) is 5.69 Å². The van der Waals surface area contributed by atoms with E-state index in [1.807, 2.05) is 0 Å². The fraction of sp³-hybridized carbons (Fsp3) is 0.176. The highest BCUT2D eigenvalue weighted by molar-refractivity contribution is 6.08. The Morgan fingerprint density at radius 2 is 1.88 bits per heavy atom. The van der Waals surface area contributed by atoms with E-state index >= 15 is 0 Å². The second kappa shape index (κ2) is 6.11. The molecule has 0 unspecified atom stereocenters. The van der Waals surface area contributed by atoms with Crippen LogP contribution in [0.4, 0.5) is 5.69 Å². The van der Waals surface area contributed by atoms with Crippen molar-refractivity contribution < 1.29 is 14.1 Å². The zero-order valence-corrected chi connectivity index (χ0v) is 13.5. The summed E-state index contributed by atoms with van der Waals surface area (Å²) in [5.41, 5.74) is 2.03. The highest BCUT2D eigenvalue weighted by Crippen LogP contribution is 2.17. The van der Waals surface area contributed by atoms with Gasteiger partial charge in [0.25, 0.3) is 5.91 Å². The molecule has 1 amide bonds. The van der Waals surface area contributed by atoms with E-state index in [0.29, 0.717) is 34.1 Å². The van der Waals surface area contributed by atoms with Crippen LogP contribution in [0.3, 0.4) is 0 Å². The lowest BCUT2D eigenvalue weighted by Gasteiger charge is -2.06. The summed E-state index contributed by atoms with van der Waals surface area (Å²) in [5.74, 6) is 0.356. The van der Waals surface area contributed by atoms with E-state index in [9.17, 15) is 9.59 Å². The maximum atomic E-state index is 12.3. The number of carbonyl (C=O) groups is 2. The standard InChI is InChI=1S/C17H16N4O3/c1-10-14(11(2)24-20-10)17(23)19-13-6-4-12(5-7-13)15(22)16-18-8-9-21(16)3/h4-9H,1-3H3,(H,19,23). The van der Waals surface area contributed by atoms with E-state index in [-0.39, 0.29) is 11.7 Å². The number of hydrogen-bond acceptors (Lipinski definition) is 5. The molecule has 7 nitrogen and oxygen atoms in total. The van der Waals surface area contributed by atoms with Gasteiger partial charge in [-0.1, -0.05) is 5.16 Å². The molecule has 0 atom stereocenters. The summed E-state index contributed by atoms with van der Waals surface area (Å²) >= 11 is 0. The van der Waals surface area contributed by atoms with Crippen LogP contribution >= 0.6 is 0 Å². The topological polar surface area (TPSA) is 90.0 Å². The highest BCUT2D eigenvalue weighted by atomic mass is 16.5. The van der Waals surface area contributed by atoms with Crippen LogP contribution in [0.25, 0.3) is 0 Å². The number of anilines is 1. The van der Waals surface area contributed by atoms with Crippen LogP contribution in [0.5, 0.6) is 0 Å².